The molecule has 2 heterocycles. The van der Waals surface area contributed by atoms with Gasteiger partial charge in [0.2, 0.25) is 0 Å². The van der Waals surface area contributed by atoms with Crippen LogP contribution in [0, 0.1) is 11.3 Å². The third-order valence-electron chi connectivity index (χ3n) is 5.84. The monoisotopic (exact) mass is 387 g/mol. The summed E-state index contributed by atoms with van der Waals surface area (Å²) in [6.45, 7) is 6.31. The predicted octanol–water partition coefficient (Wildman–Crippen LogP) is 3.58. The van der Waals surface area contributed by atoms with Crippen molar-refractivity contribution in [2.24, 2.45) is 0 Å². The molecule has 1 atom stereocenters. The maximum atomic E-state index is 9.93. The number of hydrogen-bond donors (Lipinski definition) is 1. The van der Waals surface area contributed by atoms with Gasteiger partial charge in [-0.1, -0.05) is 6.92 Å². The van der Waals surface area contributed by atoms with Crippen molar-refractivity contribution in [3.63, 3.8) is 0 Å². The van der Waals surface area contributed by atoms with Crippen molar-refractivity contribution in [1.82, 2.24) is 19.7 Å². The minimum Gasteiger partial charge on any atom is -0.395 e. The van der Waals surface area contributed by atoms with Gasteiger partial charge >= 0.3 is 0 Å². The molecule has 6 nitrogen and oxygen atoms in total. The first-order valence-corrected chi connectivity index (χ1v) is 9.97. The fraction of sp³-hybridized carbons (Fsp3) is 0.391. The number of hydrogen-bond acceptors (Lipinski definition) is 5. The molecule has 0 aliphatic heterocycles. The molecule has 1 aliphatic rings. The van der Waals surface area contributed by atoms with E-state index in [1.54, 1.807) is 6.20 Å². The van der Waals surface area contributed by atoms with Gasteiger partial charge in [0.25, 0.3) is 0 Å². The van der Waals surface area contributed by atoms with Gasteiger partial charge in [-0.3, -0.25) is 4.68 Å². The number of rotatable bonds is 5. The van der Waals surface area contributed by atoms with E-state index in [0.717, 1.165) is 46.6 Å². The standard InChI is InChI=1S/C23H25N5O/c1-15(2)28-13-16(12-26-28)8-22-25-7-5-21(27-22)17-9-18(11-24)19-4-6-23(3,14-29)20(19)10-17/h5,7,9-10,12-13,15,29H,4,6,8,14H2,1-3H3. The Balaban J connectivity index is 1.70. The molecule has 1 N–H and O–H groups in total. The molecule has 29 heavy (non-hydrogen) atoms. The third kappa shape index (κ3) is 3.54. The van der Waals surface area contributed by atoms with Gasteiger partial charge in [0, 0.05) is 35.8 Å². The second-order valence-corrected chi connectivity index (χ2v) is 8.34. The fourth-order valence-corrected chi connectivity index (χ4v) is 4.01. The van der Waals surface area contributed by atoms with E-state index in [2.05, 4.69) is 43.0 Å². The molecule has 0 spiro atoms. The van der Waals surface area contributed by atoms with Crippen LogP contribution in [0.1, 0.15) is 61.3 Å². The molecule has 0 bridgehead atoms. The van der Waals surface area contributed by atoms with Gasteiger partial charge < -0.3 is 5.11 Å². The van der Waals surface area contributed by atoms with Crippen LogP contribution in [0.25, 0.3) is 11.3 Å². The van der Waals surface area contributed by atoms with E-state index in [4.69, 9.17) is 4.98 Å². The molecule has 0 fully saturated rings. The maximum Gasteiger partial charge on any atom is 0.133 e. The largest absolute Gasteiger partial charge is 0.395 e. The van der Waals surface area contributed by atoms with Crippen LogP contribution >= 0.6 is 0 Å². The highest BCUT2D eigenvalue weighted by atomic mass is 16.3. The molecule has 6 heteroatoms. The second kappa shape index (κ2) is 7.41. The van der Waals surface area contributed by atoms with Crippen molar-refractivity contribution in [2.45, 2.75) is 51.5 Å². The number of fused-ring (bicyclic) bond motifs is 1. The van der Waals surface area contributed by atoms with E-state index in [0.29, 0.717) is 18.0 Å². The third-order valence-corrected chi connectivity index (χ3v) is 5.84. The quantitative estimate of drug-likeness (QED) is 0.723. The number of nitriles is 1. The Labute approximate surface area is 170 Å². The Morgan fingerprint density at radius 1 is 1.34 bits per heavy atom. The number of nitrogens with zero attached hydrogens (tertiary/aromatic N) is 5. The summed E-state index contributed by atoms with van der Waals surface area (Å²) >= 11 is 0. The lowest BCUT2D eigenvalue weighted by atomic mass is 9.83. The van der Waals surface area contributed by atoms with Crippen molar-refractivity contribution < 1.29 is 5.11 Å². The van der Waals surface area contributed by atoms with Crippen LogP contribution < -0.4 is 0 Å². The van der Waals surface area contributed by atoms with Gasteiger partial charge in [0.05, 0.1) is 30.1 Å². The van der Waals surface area contributed by atoms with Gasteiger partial charge in [-0.15, -0.1) is 0 Å². The zero-order valence-corrected chi connectivity index (χ0v) is 17.1. The van der Waals surface area contributed by atoms with E-state index in [1.807, 2.05) is 29.2 Å². The van der Waals surface area contributed by atoms with E-state index < -0.39 is 0 Å². The molecule has 1 aliphatic carbocycles. The predicted molar refractivity (Wildman–Crippen MR) is 110 cm³/mol. The highest BCUT2D eigenvalue weighted by Gasteiger charge is 2.35. The summed E-state index contributed by atoms with van der Waals surface area (Å²) in [7, 11) is 0. The zero-order chi connectivity index (χ0) is 20.6. The average molecular weight is 387 g/mol. The van der Waals surface area contributed by atoms with E-state index >= 15 is 0 Å². The summed E-state index contributed by atoms with van der Waals surface area (Å²) < 4.78 is 1.93. The highest BCUT2D eigenvalue weighted by molar-refractivity contribution is 5.66. The molecular formula is C23H25N5O. The van der Waals surface area contributed by atoms with Crippen molar-refractivity contribution in [3.05, 3.63) is 64.9 Å². The number of aliphatic hydroxyl groups is 1. The van der Waals surface area contributed by atoms with Crippen molar-refractivity contribution in [2.75, 3.05) is 6.61 Å². The Hall–Kier alpha value is -3.04. The van der Waals surface area contributed by atoms with Gasteiger partial charge in [0.15, 0.2) is 0 Å². The molecule has 0 saturated carbocycles. The Morgan fingerprint density at radius 3 is 2.86 bits per heavy atom. The molecule has 1 unspecified atom stereocenters. The van der Waals surface area contributed by atoms with Gasteiger partial charge in [0.1, 0.15) is 5.82 Å². The van der Waals surface area contributed by atoms with E-state index in [9.17, 15) is 10.4 Å². The molecule has 2 aromatic heterocycles. The van der Waals surface area contributed by atoms with Gasteiger partial charge in [-0.25, -0.2) is 9.97 Å². The summed E-state index contributed by atoms with van der Waals surface area (Å²) in [5, 5.41) is 24.0. The maximum absolute atomic E-state index is 9.93. The van der Waals surface area contributed by atoms with E-state index in [-0.39, 0.29) is 12.0 Å². The molecule has 1 aromatic carbocycles. The molecule has 0 saturated heterocycles. The Kier molecular flexibility index (Phi) is 4.93. The number of aromatic nitrogens is 4. The second-order valence-electron chi connectivity index (χ2n) is 8.34. The molecule has 0 radical (unpaired) electrons. The topological polar surface area (TPSA) is 87.6 Å². The molecule has 3 aromatic rings. The van der Waals surface area contributed by atoms with Crippen molar-refractivity contribution in [3.8, 4) is 17.3 Å². The average Bonchev–Trinajstić information content (AvgIpc) is 3.33. The lowest BCUT2D eigenvalue weighted by Crippen LogP contribution is -2.23. The number of benzene rings is 1. The lowest BCUT2D eigenvalue weighted by molar-refractivity contribution is 0.206. The minimum atomic E-state index is -0.307. The summed E-state index contributed by atoms with van der Waals surface area (Å²) in [5.74, 6) is 0.717. The Morgan fingerprint density at radius 2 is 2.17 bits per heavy atom. The zero-order valence-electron chi connectivity index (χ0n) is 17.1. The smallest absolute Gasteiger partial charge is 0.133 e. The highest BCUT2D eigenvalue weighted by Crippen LogP contribution is 2.41. The van der Waals surface area contributed by atoms with Crippen LogP contribution in [0.4, 0.5) is 0 Å². The summed E-state index contributed by atoms with van der Waals surface area (Å²) in [5.41, 5.74) is 5.23. The molecule has 148 valence electrons. The van der Waals surface area contributed by atoms with Gasteiger partial charge in [-0.05, 0) is 61.6 Å². The van der Waals surface area contributed by atoms with E-state index in [1.165, 1.54) is 0 Å². The van der Waals surface area contributed by atoms with Crippen molar-refractivity contribution >= 4 is 0 Å². The SMILES string of the molecule is CC(C)n1cc(Cc2nccc(-c3cc(C#N)c4c(c3)C(C)(CO)CC4)n2)cn1. The summed E-state index contributed by atoms with van der Waals surface area (Å²) in [6.07, 6.45) is 7.92. The minimum absolute atomic E-state index is 0.0726. The first-order chi connectivity index (χ1) is 13.9. The van der Waals surface area contributed by atoms with Crippen LogP contribution in [0.3, 0.4) is 0 Å². The normalized spacial score (nSPS) is 18.1. The van der Waals surface area contributed by atoms with Crippen LogP contribution in [0.5, 0.6) is 0 Å². The summed E-state index contributed by atoms with van der Waals surface area (Å²) in [6, 6.07) is 8.51. The van der Waals surface area contributed by atoms with Crippen LogP contribution in [0.2, 0.25) is 0 Å². The lowest BCUT2D eigenvalue weighted by Gasteiger charge is -2.23. The van der Waals surface area contributed by atoms with Crippen LogP contribution in [-0.4, -0.2) is 31.5 Å². The van der Waals surface area contributed by atoms with Crippen molar-refractivity contribution in [1.29, 1.82) is 5.26 Å². The fourth-order valence-electron chi connectivity index (χ4n) is 4.01. The summed E-state index contributed by atoms with van der Waals surface area (Å²) in [4.78, 5) is 9.17. The van der Waals surface area contributed by atoms with Crippen LogP contribution in [0.15, 0.2) is 36.8 Å². The first-order valence-electron chi connectivity index (χ1n) is 9.97. The Bertz CT molecular complexity index is 1090. The van der Waals surface area contributed by atoms with Crippen LogP contribution in [-0.2, 0) is 18.3 Å². The molecular weight excluding hydrogens is 362 g/mol. The number of aliphatic hydroxyl groups excluding tert-OH is 1. The molecule has 4 rings (SSSR count). The first kappa shape index (κ1) is 19.3. The molecule has 0 amide bonds. The van der Waals surface area contributed by atoms with Gasteiger partial charge in [-0.2, -0.15) is 10.4 Å².